The Bertz CT molecular complexity index is 946. The van der Waals surface area contributed by atoms with Gasteiger partial charge in [0, 0.05) is 12.6 Å². The zero-order valence-electron chi connectivity index (χ0n) is 14.8. The predicted octanol–water partition coefficient (Wildman–Crippen LogP) is 4.84. The number of carbonyl (C=O) groups excluding carboxylic acids is 2. The maximum atomic E-state index is 14.3. The molecule has 0 fully saturated rings. The second-order valence-electron chi connectivity index (χ2n) is 5.32. The summed E-state index contributed by atoms with van der Waals surface area (Å²) in [7, 11) is 0.980. The second kappa shape index (κ2) is 8.87. The normalized spacial score (nSPS) is 11.3. The first-order valence-corrected chi connectivity index (χ1v) is 8.48. The van der Waals surface area contributed by atoms with E-state index in [0.29, 0.717) is 10.7 Å². The summed E-state index contributed by atoms with van der Waals surface area (Å²) in [6.07, 6.45) is -5.93. The molecule has 2 rings (SSSR count). The molecular formula is C16H12Cl2F4N2O5. The number of halogens is 6. The van der Waals surface area contributed by atoms with Crippen molar-refractivity contribution < 1.29 is 41.4 Å². The molecule has 0 aliphatic rings. The van der Waals surface area contributed by atoms with Crippen LogP contribution < -0.4 is 0 Å². The maximum Gasteiger partial charge on any atom is 0.511 e. The van der Waals surface area contributed by atoms with Crippen LogP contribution in [0.4, 0.5) is 22.4 Å². The van der Waals surface area contributed by atoms with Crippen LogP contribution in [-0.4, -0.2) is 35.3 Å². The number of rotatable bonds is 5. The molecule has 1 aromatic carbocycles. The van der Waals surface area contributed by atoms with E-state index in [1.54, 1.807) is 0 Å². The van der Waals surface area contributed by atoms with Crippen molar-refractivity contribution in [1.82, 2.24) is 9.78 Å². The van der Waals surface area contributed by atoms with Gasteiger partial charge in [-0.1, -0.05) is 23.2 Å². The summed E-state index contributed by atoms with van der Waals surface area (Å²) in [5.41, 5.74) is -2.77. The molecule has 1 heterocycles. The van der Waals surface area contributed by atoms with Crippen LogP contribution in [0.3, 0.4) is 0 Å². The van der Waals surface area contributed by atoms with Crippen LogP contribution in [0.1, 0.15) is 23.0 Å². The monoisotopic (exact) mass is 458 g/mol. The van der Waals surface area contributed by atoms with Crippen LogP contribution in [0.15, 0.2) is 12.1 Å². The van der Waals surface area contributed by atoms with Gasteiger partial charge in [-0.3, -0.25) is 4.68 Å². The minimum atomic E-state index is -4.84. The fraction of sp³-hybridized carbons (Fsp3) is 0.312. The van der Waals surface area contributed by atoms with Crippen molar-refractivity contribution in [3.8, 4) is 11.3 Å². The van der Waals surface area contributed by atoms with Gasteiger partial charge >= 0.3 is 18.3 Å². The lowest BCUT2D eigenvalue weighted by Gasteiger charge is -2.09. The van der Waals surface area contributed by atoms with E-state index in [9.17, 15) is 27.2 Å². The van der Waals surface area contributed by atoms with Crippen LogP contribution in [0, 0.1) is 5.82 Å². The Labute approximate surface area is 171 Å². The fourth-order valence-corrected chi connectivity index (χ4v) is 2.83. The van der Waals surface area contributed by atoms with E-state index in [1.807, 2.05) is 0 Å². The second-order valence-corrected chi connectivity index (χ2v) is 6.11. The Morgan fingerprint density at radius 2 is 1.83 bits per heavy atom. The van der Waals surface area contributed by atoms with Crippen LogP contribution in [0.5, 0.6) is 0 Å². The summed E-state index contributed by atoms with van der Waals surface area (Å²) in [5, 5.41) is 2.34. The number of aryl methyl sites for hydroxylation is 1. The Balaban J connectivity index is 2.35. The summed E-state index contributed by atoms with van der Waals surface area (Å²) in [6.45, 7) is 0.730. The number of esters is 1. The Morgan fingerprint density at radius 3 is 2.38 bits per heavy atom. The third-order valence-electron chi connectivity index (χ3n) is 3.42. The third kappa shape index (κ3) is 5.10. The molecule has 0 radical (unpaired) electrons. The number of nitrogens with zero attached hydrogens (tertiary/aromatic N) is 2. The number of aromatic nitrogens is 2. The Hall–Kier alpha value is -2.53. The van der Waals surface area contributed by atoms with Gasteiger partial charge in [-0.15, -0.1) is 0 Å². The highest BCUT2D eigenvalue weighted by molar-refractivity contribution is 6.34. The number of ether oxygens (including phenoxy) is 3. The molecule has 0 spiro atoms. The average Bonchev–Trinajstić information content (AvgIpc) is 2.89. The van der Waals surface area contributed by atoms with Crippen LogP contribution in [-0.2, 0) is 27.4 Å². The van der Waals surface area contributed by atoms with Gasteiger partial charge in [-0.25, -0.2) is 14.0 Å². The summed E-state index contributed by atoms with van der Waals surface area (Å²) < 4.78 is 67.6. The number of alkyl halides is 3. The van der Waals surface area contributed by atoms with Gasteiger partial charge in [0.25, 0.3) is 0 Å². The van der Waals surface area contributed by atoms with E-state index < -0.39 is 63.5 Å². The highest BCUT2D eigenvalue weighted by atomic mass is 35.5. The first-order valence-electron chi connectivity index (χ1n) is 7.73. The van der Waals surface area contributed by atoms with Crippen LogP contribution >= 0.6 is 23.2 Å². The summed E-state index contributed by atoms with van der Waals surface area (Å²) >= 11 is 11.6. The standard InChI is InChI=1S/C16H12Cl2F4N2O5/c1-3-27-15(26)29-6-28-14(25)7-4-8(10(19)5-9(7)17)12-11(18)13(16(20,21)22)24(2)23-12/h4-5H,3,6H2,1-2H3. The molecule has 0 unspecified atom stereocenters. The Morgan fingerprint density at radius 1 is 1.17 bits per heavy atom. The zero-order chi connectivity index (χ0) is 21.9. The maximum absolute atomic E-state index is 14.3. The number of hydrogen-bond acceptors (Lipinski definition) is 6. The molecule has 158 valence electrons. The van der Waals surface area contributed by atoms with Gasteiger partial charge in [0.2, 0.25) is 6.79 Å². The predicted molar refractivity (Wildman–Crippen MR) is 92.0 cm³/mol. The first kappa shape index (κ1) is 22.8. The zero-order valence-corrected chi connectivity index (χ0v) is 16.3. The molecule has 0 bridgehead atoms. The Kier molecular flexibility index (Phi) is 6.96. The third-order valence-corrected chi connectivity index (χ3v) is 4.09. The largest absolute Gasteiger partial charge is 0.511 e. The van der Waals surface area contributed by atoms with Crippen LogP contribution in [0.25, 0.3) is 11.3 Å². The molecular weight excluding hydrogens is 447 g/mol. The number of benzene rings is 1. The molecule has 0 aliphatic heterocycles. The van der Waals surface area contributed by atoms with Crippen molar-refractivity contribution in [2.45, 2.75) is 13.1 Å². The van der Waals surface area contributed by atoms with Crippen molar-refractivity contribution in [3.63, 3.8) is 0 Å². The molecule has 0 amide bonds. The molecule has 0 atom stereocenters. The van der Waals surface area contributed by atoms with Crippen molar-refractivity contribution in [2.75, 3.05) is 13.4 Å². The molecule has 0 aliphatic carbocycles. The number of carbonyl (C=O) groups is 2. The summed E-state index contributed by atoms with van der Waals surface area (Å²) in [4.78, 5) is 23.2. The molecule has 1 aromatic heterocycles. The highest BCUT2D eigenvalue weighted by Gasteiger charge is 2.39. The molecule has 2 aromatic rings. The topological polar surface area (TPSA) is 79.7 Å². The lowest BCUT2D eigenvalue weighted by molar-refractivity contribution is -0.143. The summed E-state index contributed by atoms with van der Waals surface area (Å²) in [6, 6.07) is 1.52. The molecule has 29 heavy (non-hydrogen) atoms. The fourth-order valence-electron chi connectivity index (χ4n) is 2.23. The van der Waals surface area contributed by atoms with Crippen LogP contribution in [0.2, 0.25) is 10.0 Å². The molecule has 0 saturated heterocycles. The SMILES string of the molecule is CCOC(=O)OCOC(=O)c1cc(-c2nn(C)c(C(F)(F)F)c2Cl)c(F)cc1Cl. The molecule has 7 nitrogen and oxygen atoms in total. The van der Waals surface area contributed by atoms with E-state index in [4.69, 9.17) is 23.2 Å². The molecule has 13 heteroatoms. The van der Waals surface area contributed by atoms with Crippen molar-refractivity contribution in [3.05, 3.63) is 39.3 Å². The minimum Gasteiger partial charge on any atom is -0.435 e. The quantitative estimate of drug-likeness (QED) is 0.362. The van der Waals surface area contributed by atoms with E-state index in [2.05, 4.69) is 19.3 Å². The van der Waals surface area contributed by atoms with E-state index in [1.165, 1.54) is 6.92 Å². The van der Waals surface area contributed by atoms with Crippen molar-refractivity contribution in [2.24, 2.45) is 7.05 Å². The van der Waals surface area contributed by atoms with Gasteiger partial charge < -0.3 is 14.2 Å². The van der Waals surface area contributed by atoms with Gasteiger partial charge in [0.1, 0.15) is 11.5 Å². The first-order chi connectivity index (χ1) is 13.5. The lowest BCUT2D eigenvalue weighted by atomic mass is 10.1. The van der Waals surface area contributed by atoms with Crippen molar-refractivity contribution >= 4 is 35.3 Å². The highest BCUT2D eigenvalue weighted by Crippen LogP contribution is 2.40. The van der Waals surface area contributed by atoms with Crippen molar-refractivity contribution in [1.29, 1.82) is 0 Å². The van der Waals surface area contributed by atoms with Gasteiger partial charge in [-0.05, 0) is 19.1 Å². The lowest BCUT2D eigenvalue weighted by Crippen LogP contribution is -2.14. The number of hydrogen-bond donors (Lipinski definition) is 0. The summed E-state index contributed by atoms with van der Waals surface area (Å²) in [5.74, 6) is -2.20. The minimum absolute atomic E-state index is 0.0324. The van der Waals surface area contributed by atoms with E-state index in [-0.39, 0.29) is 6.61 Å². The van der Waals surface area contributed by atoms with Gasteiger partial charge in [-0.2, -0.15) is 18.3 Å². The van der Waals surface area contributed by atoms with Gasteiger partial charge in [0.15, 0.2) is 5.69 Å². The van der Waals surface area contributed by atoms with E-state index in [0.717, 1.165) is 13.1 Å². The van der Waals surface area contributed by atoms with E-state index >= 15 is 0 Å². The van der Waals surface area contributed by atoms with Gasteiger partial charge in [0.05, 0.1) is 22.2 Å². The molecule has 0 saturated carbocycles. The molecule has 0 N–H and O–H groups in total. The smallest absolute Gasteiger partial charge is 0.435 e. The average molecular weight is 459 g/mol.